The Morgan fingerprint density at radius 1 is 0.895 bits per heavy atom. The van der Waals surface area contributed by atoms with Gasteiger partial charge in [0.05, 0.1) is 26.4 Å². The van der Waals surface area contributed by atoms with E-state index in [9.17, 15) is 0 Å². The van der Waals surface area contributed by atoms with E-state index < -0.39 is 0 Å². The Bertz CT molecular complexity index is 184. The van der Waals surface area contributed by atoms with Gasteiger partial charge in [0.15, 0.2) is 0 Å². The van der Waals surface area contributed by atoms with Crippen LogP contribution in [0.3, 0.4) is 0 Å². The molecule has 1 unspecified atom stereocenters. The molecule has 0 saturated carbocycles. The number of hydrogen-bond acceptors (Lipinski definition) is 3. The Hall–Kier alpha value is 0.360. The van der Waals surface area contributed by atoms with E-state index in [2.05, 4.69) is 29.8 Å². The lowest BCUT2D eigenvalue weighted by Crippen LogP contribution is -2.24. The summed E-state index contributed by atoms with van der Waals surface area (Å²) in [6.45, 7) is 8.01. The molecule has 0 aromatic carbocycles. The van der Waals surface area contributed by atoms with Gasteiger partial charge >= 0.3 is 0 Å². The summed E-state index contributed by atoms with van der Waals surface area (Å²) in [5.74, 6) is 0. The lowest BCUT2D eigenvalue weighted by molar-refractivity contribution is 0.0169. The quantitative estimate of drug-likeness (QED) is 0.353. The van der Waals surface area contributed by atoms with Crippen LogP contribution >= 0.6 is 15.9 Å². The Labute approximate surface area is 127 Å². The Morgan fingerprint density at radius 3 is 2.05 bits per heavy atom. The molecule has 0 heterocycles. The van der Waals surface area contributed by atoms with Crippen molar-refractivity contribution in [3.05, 3.63) is 0 Å². The molecular formula is C15H31BrO3. The minimum Gasteiger partial charge on any atom is -0.382 e. The average Bonchev–Trinajstić information content (AvgIpc) is 2.45. The number of ether oxygens (including phenoxy) is 3. The summed E-state index contributed by atoms with van der Waals surface area (Å²) in [5, 5.41) is 1.07. The molecule has 0 N–H and O–H groups in total. The van der Waals surface area contributed by atoms with Crippen molar-refractivity contribution in [3.8, 4) is 0 Å². The monoisotopic (exact) mass is 338 g/mol. The van der Waals surface area contributed by atoms with Crippen molar-refractivity contribution in [3.63, 3.8) is 0 Å². The Balaban J connectivity index is 3.63. The molecule has 116 valence electrons. The van der Waals surface area contributed by atoms with Crippen LogP contribution in [0.15, 0.2) is 0 Å². The number of hydrogen-bond donors (Lipinski definition) is 0. The first-order valence-electron chi connectivity index (χ1n) is 7.45. The fourth-order valence-electron chi connectivity index (χ4n) is 2.01. The third-order valence-electron chi connectivity index (χ3n) is 3.67. The van der Waals surface area contributed by atoms with Gasteiger partial charge in [0, 0.05) is 19.0 Å². The van der Waals surface area contributed by atoms with E-state index in [0.29, 0.717) is 31.8 Å². The molecule has 0 saturated heterocycles. The Kier molecular flexibility index (Phi) is 13.6. The van der Waals surface area contributed by atoms with Crippen molar-refractivity contribution in [2.45, 2.75) is 46.0 Å². The van der Waals surface area contributed by atoms with Gasteiger partial charge in [-0.05, 0) is 24.7 Å². The summed E-state index contributed by atoms with van der Waals surface area (Å²) in [4.78, 5) is 0. The fourth-order valence-corrected chi connectivity index (χ4v) is 2.97. The topological polar surface area (TPSA) is 27.7 Å². The number of methoxy groups -OCH3 is 1. The predicted molar refractivity (Wildman–Crippen MR) is 84.2 cm³/mol. The number of unbranched alkanes of at least 4 members (excludes halogenated alkanes) is 1. The molecule has 3 nitrogen and oxygen atoms in total. The summed E-state index contributed by atoms with van der Waals surface area (Å²) < 4.78 is 15.9. The summed E-state index contributed by atoms with van der Waals surface area (Å²) in [6.07, 6.45) is 6.21. The van der Waals surface area contributed by atoms with E-state index in [1.807, 2.05) is 0 Å². The van der Waals surface area contributed by atoms with Crippen LogP contribution in [-0.4, -0.2) is 45.5 Å². The van der Waals surface area contributed by atoms with Crippen LogP contribution in [0, 0.1) is 5.41 Å². The first-order chi connectivity index (χ1) is 9.24. The average molecular weight is 339 g/mol. The van der Waals surface area contributed by atoms with Crippen molar-refractivity contribution >= 4 is 15.9 Å². The summed E-state index contributed by atoms with van der Waals surface area (Å²) in [5.41, 5.74) is 0.410. The zero-order chi connectivity index (χ0) is 14.4. The third kappa shape index (κ3) is 9.83. The number of halogens is 1. The number of alkyl halides is 1. The maximum absolute atomic E-state index is 5.67. The lowest BCUT2D eigenvalue weighted by atomic mass is 9.79. The summed E-state index contributed by atoms with van der Waals surface area (Å²) in [7, 11) is 1.68. The van der Waals surface area contributed by atoms with Crippen LogP contribution < -0.4 is 0 Å². The highest BCUT2D eigenvalue weighted by molar-refractivity contribution is 9.09. The third-order valence-corrected chi connectivity index (χ3v) is 4.86. The molecule has 19 heavy (non-hydrogen) atoms. The minimum absolute atomic E-state index is 0.410. The zero-order valence-electron chi connectivity index (χ0n) is 12.9. The van der Waals surface area contributed by atoms with Crippen molar-refractivity contribution in [2.24, 2.45) is 5.41 Å². The maximum Gasteiger partial charge on any atom is 0.0701 e. The predicted octanol–water partition coefficient (Wildman–Crippen LogP) is 4.04. The van der Waals surface area contributed by atoms with Crippen LogP contribution in [0.25, 0.3) is 0 Å². The van der Waals surface area contributed by atoms with Gasteiger partial charge in [-0.25, -0.2) is 0 Å². The normalized spacial score (nSPS) is 14.5. The highest BCUT2D eigenvalue weighted by atomic mass is 79.9. The lowest BCUT2D eigenvalue weighted by Gasteiger charge is -2.30. The molecule has 0 bridgehead atoms. The summed E-state index contributed by atoms with van der Waals surface area (Å²) >= 11 is 3.68. The highest BCUT2D eigenvalue weighted by Crippen LogP contribution is 2.34. The van der Waals surface area contributed by atoms with Gasteiger partial charge in [-0.1, -0.05) is 42.6 Å². The highest BCUT2D eigenvalue weighted by Gasteiger charge is 2.25. The van der Waals surface area contributed by atoms with Gasteiger partial charge in [-0.15, -0.1) is 0 Å². The molecule has 0 aromatic heterocycles. The van der Waals surface area contributed by atoms with E-state index >= 15 is 0 Å². The van der Waals surface area contributed by atoms with Crippen molar-refractivity contribution < 1.29 is 14.2 Å². The summed E-state index contributed by atoms with van der Waals surface area (Å²) in [6, 6.07) is 0. The smallest absolute Gasteiger partial charge is 0.0701 e. The molecule has 0 aromatic rings. The van der Waals surface area contributed by atoms with E-state index in [-0.39, 0.29) is 0 Å². The minimum atomic E-state index is 0.410. The molecule has 4 heteroatoms. The first-order valence-corrected chi connectivity index (χ1v) is 8.57. The zero-order valence-corrected chi connectivity index (χ0v) is 14.5. The molecule has 0 spiro atoms. The van der Waals surface area contributed by atoms with Gasteiger partial charge in [0.1, 0.15) is 0 Å². The van der Waals surface area contributed by atoms with E-state index in [1.54, 1.807) is 7.11 Å². The largest absolute Gasteiger partial charge is 0.382 e. The molecule has 0 aliphatic carbocycles. The van der Waals surface area contributed by atoms with Gasteiger partial charge in [0.2, 0.25) is 0 Å². The van der Waals surface area contributed by atoms with Crippen molar-refractivity contribution in [1.29, 1.82) is 0 Å². The van der Waals surface area contributed by atoms with E-state index in [0.717, 1.165) is 18.4 Å². The van der Waals surface area contributed by atoms with E-state index in [1.165, 1.54) is 25.7 Å². The van der Waals surface area contributed by atoms with Crippen molar-refractivity contribution in [1.82, 2.24) is 0 Å². The molecule has 0 rings (SSSR count). The molecule has 0 aliphatic rings. The first kappa shape index (κ1) is 19.4. The van der Waals surface area contributed by atoms with Crippen molar-refractivity contribution in [2.75, 3.05) is 45.5 Å². The van der Waals surface area contributed by atoms with Crippen LogP contribution in [0.4, 0.5) is 0 Å². The molecule has 0 fully saturated rings. The Morgan fingerprint density at radius 2 is 1.53 bits per heavy atom. The van der Waals surface area contributed by atoms with E-state index in [4.69, 9.17) is 14.2 Å². The van der Waals surface area contributed by atoms with Crippen LogP contribution in [0.5, 0.6) is 0 Å². The second kappa shape index (κ2) is 13.3. The van der Waals surface area contributed by atoms with Gasteiger partial charge < -0.3 is 14.2 Å². The molecular weight excluding hydrogens is 308 g/mol. The molecule has 0 amide bonds. The second-order valence-corrected chi connectivity index (χ2v) is 5.62. The standard InChI is InChI=1S/C15H31BrO3/c1-4-6-7-15(5-2,14-16)8-9-18-12-13-19-11-10-17-3/h4-14H2,1-3H3. The SMILES string of the molecule is CCCCC(CC)(CBr)CCOCCOCCOC. The molecule has 1 atom stereocenters. The van der Waals surface area contributed by atoms with Crippen LogP contribution in [-0.2, 0) is 14.2 Å². The van der Waals surface area contributed by atoms with Gasteiger partial charge in [0.25, 0.3) is 0 Å². The van der Waals surface area contributed by atoms with Gasteiger partial charge in [-0.2, -0.15) is 0 Å². The molecule has 0 aliphatic heterocycles. The fraction of sp³-hybridized carbons (Fsp3) is 1.00. The number of rotatable bonds is 14. The van der Waals surface area contributed by atoms with Crippen LogP contribution in [0.2, 0.25) is 0 Å². The van der Waals surface area contributed by atoms with Crippen LogP contribution in [0.1, 0.15) is 46.0 Å². The maximum atomic E-state index is 5.67. The molecule has 0 radical (unpaired) electrons. The second-order valence-electron chi connectivity index (χ2n) is 5.06. The van der Waals surface area contributed by atoms with Gasteiger partial charge in [-0.3, -0.25) is 0 Å².